The lowest BCUT2D eigenvalue weighted by Crippen LogP contribution is -2.33. The second kappa shape index (κ2) is 6.29. The minimum Gasteiger partial charge on any atom is -0.393 e. The SMILES string of the molecule is COCc1csc(NC(=O)N2CC3CCC(O)CC3C2)n1. The van der Waals surface area contributed by atoms with Crippen molar-refractivity contribution in [2.45, 2.75) is 32.0 Å². The number of aliphatic hydroxyl groups is 1. The molecule has 1 aliphatic heterocycles. The molecular weight excluding hydrogens is 290 g/mol. The molecule has 6 nitrogen and oxygen atoms in total. The fourth-order valence-electron chi connectivity index (χ4n) is 3.32. The first-order valence-electron chi connectivity index (χ1n) is 7.33. The molecule has 1 saturated heterocycles. The number of nitrogens with zero attached hydrogens (tertiary/aromatic N) is 2. The molecule has 116 valence electrons. The zero-order chi connectivity index (χ0) is 14.8. The number of methoxy groups -OCH3 is 1. The number of aromatic nitrogens is 1. The normalized spacial score (nSPS) is 28.5. The van der Waals surface area contributed by atoms with Gasteiger partial charge in [0.1, 0.15) is 0 Å². The van der Waals surface area contributed by atoms with E-state index in [2.05, 4.69) is 10.3 Å². The molecular formula is C14H21N3O3S. The summed E-state index contributed by atoms with van der Waals surface area (Å²) in [4.78, 5) is 18.5. The van der Waals surface area contributed by atoms with E-state index >= 15 is 0 Å². The standard InChI is InChI=1S/C14H21N3O3S/c1-20-7-11-8-21-13(15-11)16-14(19)17-5-9-2-3-12(18)4-10(9)6-17/h8-10,12,18H,2-7H2,1H3,(H,15,16,19). The average Bonchev–Trinajstić information content (AvgIpc) is 3.05. The van der Waals surface area contributed by atoms with Crippen molar-refractivity contribution in [3.63, 3.8) is 0 Å². The summed E-state index contributed by atoms with van der Waals surface area (Å²) >= 11 is 1.41. The molecule has 1 aromatic heterocycles. The molecule has 2 N–H and O–H groups in total. The van der Waals surface area contributed by atoms with Crippen LogP contribution in [-0.4, -0.2) is 47.3 Å². The third-order valence-corrected chi connectivity index (χ3v) is 5.17. The fraction of sp³-hybridized carbons (Fsp3) is 0.714. The number of hydrogen-bond acceptors (Lipinski definition) is 5. The van der Waals surface area contributed by atoms with Crippen LogP contribution in [0.1, 0.15) is 25.0 Å². The van der Waals surface area contributed by atoms with Gasteiger partial charge in [-0.3, -0.25) is 5.32 Å². The number of urea groups is 1. The van der Waals surface area contributed by atoms with Gasteiger partial charge in [0.25, 0.3) is 0 Å². The number of anilines is 1. The van der Waals surface area contributed by atoms with Crippen LogP contribution in [0.4, 0.5) is 9.93 Å². The van der Waals surface area contributed by atoms with Crippen LogP contribution < -0.4 is 5.32 Å². The Balaban J connectivity index is 1.56. The van der Waals surface area contributed by atoms with E-state index in [0.717, 1.165) is 38.0 Å². The van der Waals surface area contributed by atoms with Crippen molar-refractivity contribution >= 4 is 22.5 Å². The second-order valence-corrected chi connectivity index (χ2v) is 6.76. The summed E-state index contributed by atoms with van der Waals surface area (Å²) in [6.07, 6.45) is 2.52. The molecule has 1 aliphatic carbocycles. The molecule has 21 heavy (non-hydrogen) atoms. The predicted octanol–water partition coefficient (Wildman–Crippen LogP) is 1.91. The number of carbonyl (C=O) groups is 1. The van der Waals surface area contributed by atoms with Gasteiger partial charge in [0.05, 0.1) is 18.4 Å². The molecule has 7 heteroatoms. The number of thiazole rings is 1. The molecule has 2 aliphatic rings. The highest BCUT2D eigenvalue weighted by atomic mass is 32.1. The predicted molar refractivity (Wildman–Crippen MR) is 80.3 cm³/mol. The number of aliphatic hydroxyl groups excluding tert-OH is 1. The molecule has 0 spiro atoms. The van der Waals surface area contributed by atoms with Crippen molar-refractivity contribution in [1.29, 1.82) is 0 Å². The van der Waals surface area contributed by atoms with E-state index in [9.17, 15) is 9.90 Å². The summed E-state index contributed by atoms with van der Waals surface area (Å²) in [6.45, 7) is 1.99. The highest BCUT2D eigenvalue weighted by molar-refractivity contribution is 7.13. The largest absolute Gasteiger partial charge is 0.393 e. The second-order valence-electron chi connectivity index (χ2n) is 5.90. The number of carbonyl (C=O) groups excluding carboxylic acids is 1. The number of ether oxygens (including phenoxy) is 1. The van der Waals surface area contributed by atoms with Gasteiger partial charge in [0.15, 0.2) is 5.13 Å². The summed E-state index contributed by atoms with van der Waals surface area (Å²) in [5.74, 6) is 0.986. The van der Waals surface area contributed by atoms with Crippen LogP contribution in [0.2, 0.25) is 0 Å². The van der Waals surface area contributed by atoms with E-state index in [1.54, 1.807) is 7.11 Å². The summed E-state index contributed by atoms with van der Waals surface area (Å²) in [5.41, 5.74) is 0.830. The van der Waals surface area contributed by atoms with Gasteiger partial charge in [-0.1, -0.05) is 0 Å². The third-order valence-electron chi connectivity index (χ3n) is 4.37. The van der Waals surface area contributed by atoms with Crippen molar-refractivity contribution in [1.82, 2.24) is 9.88 Å². The number of amides is 2. The third kappa shape index (κ3) is 3.36. The average molecular weight is 311 g/mol. The molecule has 2 amide bonds. The van der Waals surface area contributed by atoms with Gasteiger partial charge < -0.3 is 14.7 Å². The summed E-state index contributed by atoms with van der Waals surface area (Å²) < 4.78 is 5.02. The number of fused-ring (bicyclic) bond motifs is 1. The zero-order valence-corrected chi connectivity index (χ0v) is 12.9. The van der Waals surface area contributed by atoms with Gasteiger partial charge >= 0.3 is 6.03 Å². The molecule has 1 saturated carbocycles. The number of hydrogen-bond donors (Lipinski definition) is 2. The fourth-order valence-corrected chi connectivity index (χ4v) is 4.01. The Kier molecular flexibility index (Phi) is 4.42. The maximum Gasteiger partial charge on any atom is 0.323 e. The van der Waals surface area contributed by atoms with Gasteiger partial charge in [0, 0.05) is 25.6 Å². The topological polar surface area (TPSA) is 74.7 Å². The molecule has 2 fully saturated rings. The summed E-state index contributed by atoms with van der Waals surface area (Å²) in [5, 5.41) is 15.1. The summed E-state index contributed by atoms with van der Waals surface area (Å²) in [6, 6.07) is -0.0859. The zero-order valence-electron chi connectivity index (χ0n) is 12.1. The Hall–Kier alpha value is -1.18. The van der Waals surface area contributed by atoms with Gasteiger partial charge in [-0.05, 0) is 31.1 Å². The Bertz CT molecular complexity index is 507. The highest BCUT2D eigenvalue weighted by Crippen LogP contribution is 2.36. The maximum atomic E-state index is 12.3. The van der Waals surface area contributed by atoms with Crippen LogP contribution >= 0.6 is 11.3 Å². The molecule has 0 aromatic carbocycles. The van der Waals surface area contributed by atoms with Crippen LogP contribution in [-0.2, 0) is 11.3 Å². The molecule has 0 radical (unpaired) electrons. The molecule has 3 atom stereocenters. The lowest BCUT2D eigenvalue weighted by Gasteiger charge is -2.27. The Morgan fingerprint density at radius 1 is 1.52 bits per heavy atom. The monoisotopic (exact) mass is 311 g/mol. The lowest BCUT2D eigenvalue weighted by molar-refractivity contribution is 0.0866. The first-order chi connectivity index (χ1) is 10.2. The van der Waals surface area contributed by atoms with Gasteiger partial charge in [-0.2, -0.15) is 0 Å². The lowest BCUT2D eigenvalue weighted by atomic mass is 9.80. The number of likely N-dealkylation sites (tertiary alicyclic amines) is 1. The minimum atomic E-state index is -0.190. The quantitative estimate of drug-likeness (QED) is 0.894. The smallest absolute Gasteiger partial charge is 0.323 e. The van der Waals surface area contributed by atoms with Crippen LogP contribution in [0.25, 0.3) is 0 Å². The first-order valence-corrected chi connectivity index (χ1v) is 8.21. The Labute approximate surface area is 128 Å². The Morgan fingerprint density at radius 3 is 3.14 bits per heavy atom. The van der Waals surface area contributed by atoms with E-state index in [-0.39, 0.29) is 12.1 Å². The van der Waals surface area contributed by atoms with Crippen molar-refractivity contribution in [3.05, 3.63) is 11.1 Å². The van der Waals surface area contributed by atoms with Gasteiger partial charge in [-0.25, -0.2) is 9.78 Å². The van der Waals surface area contributed by atoms with Crippen LogP contribution in [0.15, 0.2) is 5.38 Å². The molecule has 2 heterocycles. The van der Waals surface area contributed by atoms with Crippen molar-refractivity contribution < 1.29 is 14.6 Å². The number of rotatable bonds is 3. The minimum absolute atomic E-state index is 0.0859. The number of nitrogens with one attached hydrogen (secondary N) is 1. The van der Waals surface area contributed by atoms with E-state index in [4.69, 9.17) is 4.74 Å². The van der Waals surface area contributed by atoms with Crippen molar-refractivity contribution in [2.75, 3.05) is 25.5 Å². The molecule has 3 unspecified atom stereocenters. The first kappa shape index (κ1) is 14.7. The highest BCUT2D eigenvalue weighted by Gasteiger charge is 2.39. The van der Waals surface area contributed by atoms with Crippen molar-refractivity contribution in [3.8, 4) is 0 Å². The van der Waals surface area contributed by atoms with Crippen LogP contribution in [0.3, 0.4) is 0 Å². The summed E-state index contributed by atoms with van der Waals surface area (Å²) in [7, 11) is 1.62. The van der Waals surface area contributed by atoms with Gasteiger partial charge in [-0.15, -0.1) is 11.3 Å². The molecule has 0 bridgehead atoms. The van der Waals surface area contributed by atoms with Crippen molar-refractivity contribution in [2.24, 2.45) is 11.8 Å². The van der Waals surface area contributed by atoms with Gasteiger partial charge in [0.2, 0.25) is 0 Å². The Morgan fingerprint density at radius 2 is 2.33 bits per heavy atom. The maximum absolute atomic E-state index is 12.3. The van der Waals surface area contributed by atoms with E-state index in [0.29, 0.717) is 23.6 Å². The van der Waals surface area contributed by atoms with Crippen LogP contribution in [0, 0.1) is 11.8 Å². The van der Waals surface area contributed by atoms with E-state index in [1.807, 2.05) is 10.3 Å². The van der Waals surface area contributed by atoms with Crippen LogP contribution in [0.5, 0.6) is 0 Å². The molecule has 1 aromatic rings. The van der Waals surface area contributed by atoms with E-state index < -0.39 is 0 Å². The van der Waals surface area contributed by atoms with E-state index in [1.165, 1.54) is 11.3 Å². The molecule has 3 rings (SSSR count).